The quantitative estimate of drug-likeness (QED) is 0.143. The van der Waals surface area contributed by atoms with Gasteiger partial charge in [0.1, 0.15) is 42.4 Å². The number of ether oxygens (including phenoxy) is 4. The molecule has 1 aromatic carbocycles. The molecule has 1 amide bonds. The third-order valence-electron chi connectivity index (χ3n) is 7.64. The third kappa shape index (κ3) is 7.97. The first-order valence-corrected chi connectivity index (χ1v) is 14.2. The summed E-state index contributed by atoms with van der Waals surface area (Å²) in [6.07, 6.45) is -2.92. The Morgan fingerprint density at radius 3 is 2.43 bits per heavy atom. The third-order valence-corrected chi connectivity index (χ3v) is 7.64. The molecule has 3 rings (SSSR count). The molecule has 0 saturated carbocycles. The summed E-state index contributed by atoms with van der Waals surface area (Å²) in [5, 5.41) is 21.6. The molecule has 2 aromatic rings. The number of carbonyl (C=O) groups excluding carboxylic acids is 3. The average molecular weight is 614 g/mol. The molecule has 1 aromatic heterocycles. The normalized spacial score (nSPS) is 23.1. The number of rotatable bonds is 11. The summed E-state index contributed by atoms with van der Waals surface area (Å²) >= 11 is 0. The SMILES string of the molecule is COC(C)(C)C(=O)NC(=NC=N)c1ccc([C@]2(C)O[C@H](COC(=O)Cc3ccccc3)[C@@H](OC(=O)[C@@H](N)C(C)(C)C)[C@H]2O)[nH]1. The number of amidine groups is 1. The minimum atomic E-state index is -1.49. The summed E-state index contributed by atoms with van der Waals surface area (Å²) in [7, 11) is 1.40. The van der Waals surface area contributed by atoms with Gasteiger partial charge in [-0.05, 0) is 43.9 Å². The monoisotopic (exact) mass is 613 g/mol. The van der Waals surface area contributed by atoms with Gasteiger partial charge in [0.15, 0.2) is 11.9 Å². The van der Waals surface area contributed by atoms with Crippen LogP contribution in [0.1, 0.15) is 58.5 Å². The first-order valence-electron chi connectivity index (χ1n) is 14.2. The van der Waals surface area contributed by atoms with E-state index in [4.69, 9.17) is 30.1 Å². The number of hydrogen-bond acceptors (Lipinski definition) is 10. The van der Waals surface area contributed by atoms with Gasteiger partial charge in [0.05, 0.1) is 17.8 Å². The fourth-order valence-electron chi connectivity index (χ4n) is 4.42. The topological polar surface area (TPSA) is 198 Å². The van der Waals surface area contributed by atoms with Crippen molar-refractivity contribution in [3.63, 3.8) is 0 Å². The van der Waals surface area contributed by atoms with Gasteiger partial charge < -0.3 is 40.1 Å². The highest BCUT2D eigenvalue weighted by atomic mass is 16.6. The minimum Gasteiger partial charge on any atom is -0.463 e. The van der Waals surface area contributed by atoms with Gasteiger partial charge >= 0.3 is 11.9 Å². The Balaban J connectivity index is 1.88. The van der Waals surface area contributed by atoms with E-state index in [1.807, 2.05) is 18.2 Å². The fraction of sp³-hybridized carbons (Fsp3) is 0.516. The standard InChI is InChI=1S/C31H43N5O8/c1-29(2,3)24(33)27(39)43-23-20(16-42-22(37)15-18-11-9-8-10-12-18)44-31(6,25(23)38)21-14-13-19(35-21)26(34-17-32)36-28(40)30(4,5)41-7/h8-14,17,20,23-25,35,38H,15-16,33H2,1-7H3,(H2,32,34,36,40)/t20-,23-,24-,25-,31+/m1/s1. The molecular weight excluding hydrogens is 570 g/mol. The van der Waals surface area contributed by atoms with Gasteiger partial charge in [0, 0.05) is 7.11 Å². The van der Waals surface area contributed by atoms with E-state index in [0.29, 0.717) is 11.4 Å². The summed E-state index contributed by atoms with van der Waals surface area (Å²) in [6, 6.07) is 11.2. The number of H-pyrrole nitrogens is 1. The van der Waals surface area contributed by atoms with Gasteiger partial charge in [-0.1, -0.05) is 51.1 Å². The maximum atomic E-state index is 13.0. The van der Waals surface area contributed by atoms with Crippen LogP contribution in [-0.4, -0.2) is 83.8 Å². The highest BCUT2D eigenvalue weighted by molar-refractivity contribution is 6.10. The van der Waals surface area contributed by atoms with E-state index in [1.54, 1.807) is 65.8 Å². The molecule has 5 atom stereocenters. The lowest BCUT2D eigenvalue weighted by Gasteiger charge is -2.29. The van der Waals surface area contributed by atoms with E-state index in [-0.39, 0.29) is 18.9 Å². The number of nitrogens with one attached hydrogen (secondary N) is 3. The summed E-state index contributed by atoms with van der Waals surface area (Å²) in [6.45, 7) is 9.79. The van der Waals surface area contributed by atoms with Crippen molar-refractivity contribution in [3.05, 3.63) is 59.4 Å². The number of nitrogens with two attached hydrogens (primary N) is 1. The van der Waals surface area contributed by atoms with Crippen molar-refractivity contribution < 1.29 is 38.4 Å². The number of nitrogens with zero attached hydrogens (tertiary/aromatic N) is 1. The number of carbonyl (C=O) groups is 3. The number of aliphatic hydroxyl groups excluding tert-OH is 1. The van der Waals surface area contributed by atoms with Crippen molar-refractivity contribution >= 4 is 30.0 Å². The Morgan fingerprint density at radius 2 is 1.84 bits per heavy atom. The first-order chi connectivity index (χ1) is 20.5. The first kappa shape index (κ1) is 34.6. The second-order valence-electron chi connectivity index (χ2n) is 12.4. The zero-order chi connectivity index (χ0) is 32.9. The van der Waals surface area contributed by atoms with Crippen LogP contribution in [0.5, 0.6) is 0 Å². The van der Waals surface area contributed by atoms with E-state index < -0.39 is 58.8 Å². The lowest BCUT2D eigenvalue weighted by atomic mass is 9.87. The molecule has 1 aliphatic heterocycles. The second-order valence-corrected chi connectivity index (χ2v) is 12.4. The lowest BCUT2D eigenvalue weighted by molar-refractivity contribution is -0.163. The molecular formula is C31H43N5O8. The van der Waals surface area contributed by atoms with Gasteiger partial charge in [-0.3, -0.25) is 19.8 Å². The molecule has 13 heteroatoms. The van der Waals surface area contributed by atoms with Crippen LogP contribution in [0.25, 0.3) is 0 Å². The lowest BCUT2D eigenvalue weighted by Crippen LogP contribution is -2.48. The molecule has 1 aliphatic rings. The molecule has 2 heterocycles. The van der Waals surface area contributed by atoms with Crippen LogP contribution in [0, 0.1) is 10.8 Å². The zero-order valence-corrected chi connectivity index (χ0v) is 26.2. The maximum Gasteiger partial charge on any atom is 0.323 e. The number of aliphatic imine (C=N–C) groups is 1. The maximum absolute atomic E-state index is 13.0. The predicted octanol–water partition coefficient (Wildman–Crippen LogP) is 1.96. The highest BCUT2D eigenvalue weighted by Gasteiger charge is 2.56. The molecule has 1 fully saturated rings. The van der Waals surface area contributed by atoms with Gasteiger partial charge in [-0.2, -0.15) is 0 Å². The predicted molar refractivity (Wildman–Crippen MR) is 162 cm³/mol. The Labute approximate surface area is 257 Å². The van der Waals surface area contributed by atoms with Crippen molar-refractivity contribution in [1.82, 2.24) is 10.3 Å². The van der Waals surface area contributed by atoms with Crippen LogP contribution in [0.2, 0.25) is 0 Å². The number of hydrogen-bond donors (Lipinski definition) is 5. The number of amides is 1. The minimum absolute atomic E-state index is 0.0213. The average Bonchev–Trinajstić information content (AvgIpc) is 3.56. The molecule has 0 bridgehead atoms. The van der Waals surface area contributed by atoms with Crippen LogP contribution in [0.4, 0.5) is 0 Å². The summed E-state index contributed by atoms with van der Waals surface area (Å²) in [4.78, 5) is 45.4. The van der Waals surface area contributed by atoms with E-state index in [2.05, 4.69) is 15.3 Å². The van der Waals surface area contributed by atoms with Crippen LogP contribution in [0.3, 0.4) is 0 Å². The Kier molecular flexibility index (Phi) is 10.9. The van der Waals surface area contributed by atoms with E-state index in [1.165, 1.54) is 7.11 Å². The van der Waals surface area contributed by atoms with Crippen LogP contribution in [-0.2, 0) is 45.4 Å². The molecule has 0 spiro atoms. The molecule has 1 saturated heterocycles. The van der Waals surface area contributed by atoms with E-state index >= 15 is 0 Å². The fourth-order valence-corrected chi connectivity index (χ4v) is 4.42. The smallest absolute Gasteiger partial charge is 0.323 e. The summed E-state index contributed by atoms with van der Waals surface area (Å²) < 4.78 is 22.7. The number of methoxy groups -OCH3 is 1. The Bertz CT molecular complexity index is 1370. The molecule has 0 aliphatic carbocycles. The summed E-state index contributed by atoms with van der Waals surface area (Å²) in [5.41, 5.74) is 4.26. The summed E-state index contributed by atoms with van der Waals surface area (Å²) in [5.74, 6) is -1.74. The van der Waals surface area contributed by atoms with Crippen molar-refractivity contribution in [2.45, 2.75) is 83.5 Å². The van der Waals surface area contributed by atoms with Crippen LogP contribution < -0.4 is 11.1 Å². The molecule has 6 N–H and O–H groups in total. The number of esters is 2. The Hall–Kier alpha value is -3.91. The molecule has 0 unspecified atom stereocenters. The largest absolute Gasteiger partial charge is 0.463 e. The van der Waals surface area contributed by atoms with Gasteiger partial charge in [-0.25, -0.2) is 4.99 Å². The Morgan fingerprint density at radius 1 is 1.18 bits per heavy atom. The van der Waals surface area contributed by atoms with Gasteiger partial charge in [0.25, 0.3) is 5.91 Å². The highest BCUT2D eigenvalue weighted by Crippen LogP contribution is 2.41. The van der Waals surface area contributed by atoms with Crippen molar-refractivity contribution in [2.24, 2.45) is 16.1 Å². The number of benzene rings is 1. The zero-order valence-electron chi connectivity index (χ0n) is 26.2. The molecule has 0 radical (unpaired) electrons. The number of aromatic amines is 1. The van der Waals surface area contributed by atoms with Gasteiger partial charge in [0.2, 0.25) is 0 Å². The van der Waals surface area contributed by atoms with Gasteiger partial charge in [-0.15, -0.1) is 0 Å². The molecule has 240 valence electrons. The van der Waals surface area contributed by atoms with Crippen molar-refractivity contribution in [2.75, 3.05) is 13.7 Å². The van der Waals surface area contributed by atoms with Crippen molar-refractivity contribution in [3.8, 4) is 0 Å². The van der Waals surface area contributed by atoms with E-state index in [9.17, 15) is 19.5 Å². The van der Waals surface area contributed by atoms with Crippen LogP contribution >= 0.6 is 0 Å². The number of aromatic nitrogens is 1. The number of aliphatic hydroxyl groups is 1. The van der Waals surface area contributed by atoms with Crippen LogP contribution in [0.15, 0.2) is 47.5 Å². The molecule has 44 heavy (non-hydrogen) atoms. The van der Waals surface area contributed by atoms with Crippen molar-refractivity contribution in [1.29, 1.82) is 5.41 Å². The van der Waals surface area contributed by atoms with E-state index in [0.717, 1.165) is 11.9 Å². The second kappa shape index (κ2) is 13.8. The molecule has 13 nitrogen and oxygen atoms in total.